The largest absolute Gasteiger partial charge is 0.388 e. The lowest BCUT2D eigenvalue weighted by atomic mass is 10.0. The van der Waals surface area contributed by atoms with Gasteiger partial charge >= 0.3 is 0 Å². The van der Waals surface area contributed by atoms with E-state index in [9.17, 15) is 5.11 Å². The van der Waals surface area contributed by atoms with Crippen LogP contribution in [-0.2, 0) is 0 Å². The van der Waals surface area contributed by atoms with E-state index in [1.54, 1.807) is 11.3 Å². The molecule has 1 unspecified atom stereocenters. The van der Waals surface area contributed by atoms with E-state index in [0.29, 0.717) is 0 Å². The molecule has 1 aromatic heterocycles. The van der Waals surface area contributed by atoms with Crippen LogP contribution in [0.2, 0.25) is 0 Å². The molecule has 3 heteroatoms. The molecule has 0 aliphatic rings. The van der Waals surface area contributed by atoms with E-state index in [1.165, 1.54) is 24.1 Å². The zero-order valence-electron chi connectivity index (χ0n) is 9.42. The Morgan fingerprint density at radius 3 is 2.67 bits per heavy atom. The molecule has 0 aliphatic carbocycles. The third-order valence-corrected chi connectivity index (χ3v) is 4.19. The highest BCUT2D eigenvalue weighted by Gasteiger charge is 2.12. The average Bonchev–Trinajstić information content (AvgIpc) is 2.52. The normalized spacial score (nSPS) is 13.1. The van der Waals surface area contributed by atoms with Crippen LogP contribution < -0.4 is 0 Å². The number of rotatable bonds is 6. The molecule has 1 N–H and O–H groups in total. The summed E-state index contributed by atoms with van der Waals surface area (Å²) in [5.41, 5.74) is 1.10. The summed E-state index contributed by atoms with van der Waals surface area (Å²) in [5.74, 6) is 0. The topological polar surface area (TPSA) is 20.2 Å². The Morgan fingerprint density at radius 2 is 2.13 bits per heavy atom. The summed E-state index contributed by atoms with van der Waals surface area (Å²) in [7, 11) is 0. The molecule has 0 bridgehead atoms. The van der Waals surface area contributed by atoms with Crippen molar-refractivity contribution in [1.29, 1.82) is 0 Å². The highest BCUT2D eigenvalue weighted by atomic mass is 79.9. The Balaban J connectivity index is 2.39. The molecular formula is C12H19BrOS. The van der Waals surface area contributed by atoms with Crippen molar-refractivity contribution in [2.75, 3.05) is 0 Å². The van der Waals surface area contributed by atoms with Crippen molar-refractivity contribution in [2.45, 2.75) is 52.1 Å². The fourth-order valence-electron chi connectivity index (χ4n) is 1.71. The molecule has 1 aromatic rings. The molecule has 0 fully saturated rings. The minimum atomic E-state index is -0.274. The number of hydrogen-bond donors (Lipinski definition) is 1. The zero-order valence-corrected chi connectivity index (χ0v) is 11.8. The van der Waals surface area contributed by atoms with Gasteiger partial charge in [-0.3, -0.25) is 0 Å². The van der Waals surface area contributed by atoms with Crippen LogP contribution in [0.3, 0.4) is 0 Å². The summed E-state index contributed by atoms with van der Waals surface area (Å²) in [6.07, 6.45) is 5.51. The van der Waals surface area contributed by atoms with Gasteiger partial charge in [0.05, 0.1) is 9.89 Å². The van der Waals surface area contributed by atoms with Crippen LogP contribution in [0.15, 0.2) is 9.85 Å². The summed E-state index contributed by atoms with van der Waals surface area (Å²) in [6, 6.07) is 2.05. The van der Waals surface area contributed by atoms with Crippen LogP contribution in [0, 0.1) is 6.92 Å². The molecule has 0 saturated heterocycles. The fourth-order valence-corrected chi connectivity index (χ4v) is 3.48. The van der Waals surface area contributed by atoms with Crippen LogP contribution in [0.25, 0.3) is 0 Å². The van der Waals surface area contributed by atoms with Gasteiger partial charge in [0.25, 0.3) is 0 Å². The Bertz CT molecular complexity index is 296. The molecule has 0 spiro atoms. The molecule has 0 saturated carbocycles. The maximum Gasteiger partial charge on any atom is 0.0801 e. The maximum absolute atomic E-state index is 10.00. The lowest BCUT2D eigenvalue weighted by Gasteiger charge is -2.09. The summed E-state index contributed by atoms with van der Waals surface area (Å²) in [6.45, 7) is 4.27. The number of hydrogen-bond acceptors (Lipinski definition) is 2. The van der Waals surface area contributed by atoms with Gasteiger partial charge in [0, 0.05) is 4.88 Å². The number of thiophene rings is 1. The van der Waals surface area contributed by atoms with Gasteiger partial charge in [-0.05, 0) is 40.9 Å². The predicted molar refractivity (Wildman–Crippen MR) is 70.5 cm³/mol. The van der Waals surface area contributed by atoms with Crippen molar-refractivity contribution in [3.63, 3.8) is 0 Å². The van der Waals surface area contributed by atoms with Crippen LogP contribution in [0.1, 0.15) is 55.6 Å². The average molecular weight is 291 g/mol. The molecule has 1 heterocycles. The van der Waals surface area contributed by atoms with Gasteiger partial charge in [0.2, 0.25) is 0 Å². The molecule has 1 nitrogen and oxygen atoms in total. The van der Waals surface area contributed by atoms with Crippen molar-refractivity contribution in [3.8, 4) is 0 Å². The molecule has 0 amide bonds. The van der Waals surface area contributed by atoms with Gasteiger partial charge in [0.1, 0.15) is 0 Å². The van der Waals surface area contributed by atoms with E-state index in [0.717, 1.165) is 22.2 Å². The van der Waals surface area contributed by atoms with Crippen LogP contribution in [-0.4, -0.2) is 5.11 Å². The summed E-state index contributed by atoms with van der Waals surface area (Å²) in [5, 5.41) is 10.00. The Labute approximate surface area is 105 Å². The first kappa shape index (κ1) is 13.2. The second-order valence-corrected chi connectivity index (χ2v) is 6.56. The number of halogens is 1. The second kappa shape index (κ2) is 6.66. The maximum atomic E-state index is 10.00. The number of aryl methyl sites for hydroxylation is 1. The van der Waals surface area contributed by atoms with Crippen molar-refractivity contribution in [2.24, 2.45) is 0 Å². The quantitative estimate of drug-likeness (QED) is 0.745. The smallest absolute Gasteiger partial charge is 0.0801 e. The van der Waals surface area contributed by atoms with Crippen LogP contribution >= 0.6 is 27.3 Å². The SMILES string of the molecule is CCCCCCC(O)c1cc(Br)sc1C. The molecule has 15 heavy (non-hydrogen) atoms. The molecule has 0 radical (unpaired) electrons. The molecule has 1 rings (SSSR count). The fraction of sp³-hybridized carbons (Fsp3) is 0.667. The minimum Gasteiger partial charge on any atom is -0.388 e. The molecule has 0 aliphatic heterocycles. The lowest BCUT2D eigenvalue weighted by molar-refractivity contribution is 0.163. The highest BCUT2D eigenvalue weighted by molar-refractivity contribution is 9.11. The third-order valence-electron chi connectivity index (χ3n) is 2.62. The van der Waals surface area contributed by atoms with Crippen molar-refractivity contribution >= 4 is 27.3 Å². The standard InChI is InChI=1S/C12H19BrOS/c1-3-4-5-6-7-11(14)10-8-12(13)15-9(10)2/h8,11,14H,3-7H2,1-2H3. The summed E-state index contributed by atoms with van der Waals surface area (Å²) in [4.78, 5) is 1.23. The van der Waals surface area contributed by atoms with Gasteiger partial charge in [-0.25, -0.2) is 0 Å². The number of unbranched alkanes of at least 4 members (excludes halogenated alkanes) is 3. The number of aliphatic hydroxyl groups is 1. The third kappa shape index (κ3) is 4.25. The van der Waals surface area contributed by atoms with E-state index < -0.39 is 0 Å². The van der Waals surface area contributed by atoms with E-state index in [1.807, 2.05) is 6.07 Å². The Kier molecular flexibility index (Phi) is 5.87. The van der Waals surface area contributed by atoms with Crippen LogP contribution in [0.5, 0.6) is 0 Å². The Hall–Kier alpha value is 0.140. The van der Waals surface area contributed by atoms with Gasteiger partial charge in [0.15, 0.2) is 0 Å². The van der Waals surface area contributed by atoms with E-state index in [4.69, 9.17) is 0 Å². The molecule has 86 valence electrons. The number of aliphatic hydroxyl groups excluding tert-OH is 1. The van der Waals surface area contributed by atoms with E-state index in [-0.39, 0.29) is 6.10 Å². The predicted octanol–water partition coefficient (Wildman–Crippen LogP) is 4.82. The second-order valence-electron chi connectivity index (χ2n) is 3.93. The van der Waals surface area contributed by atoms with Gasteiger partial charge in [-0.2, -0.15) is 0 Å². The first-order chi connectivity index (χ1) is 7.15. The highest BCUT2D eigenvalue weighted by Crippen LogP contribution is 2.32. The van der Waals surface area contributed by atoms with Gasteiger partial charge in [-0.15, -0.1) is 11.3 Å². The van der Waals surface area contributed by atoms with Gasteiger partial charge < -0.3 is 5.11 Å². The monoisotopic (exact) mass is 290 g/mol. The molecule has 0 aromatic carbocycles. The first-order valence-corrected chi connectivity index (χ1v) is 7.20. The van der Waals surface area contributed by atoms with E-state index >= 15 is 0 Å². The van der Waals surface area contributed by atoms with Crippen molar-refractivity contribution in [3.05, 3.63) is 20.3 Å². The van der Waals surface area contributed by atoms with Crippen LogP contribution in [0.4, 0.5) is 0 Å². The molecule has 1 atom stereocenters. The summed E-state index contributed by atoms with van der Waals surface area (Å²) < 4.78 is 1.11. The van der Waals surface area contributed by atoms with E-state index in [2.05, 4.69) is 29.8 Å². The molecular weight excluding hydrogens is 272 g/mol. The van der Waals surface area contributed by atoms with Gasteiger partial charge in [-0.1, -0.05) is 32.6 Å². The van der Waals surface area contributed by atoms with Crippen molar-refractivity contribution in [1.82, 2.24) is 0 Å². The summed E-state index contributed by atoms with van der Waals surface area (Å²) >= 11 is 5.15. The minimum absolute atomic E-state index is 0.274. The zero-order chi connectivity index (χ0) is 11.3. The lowest BCUT2D eigenvalue weighted by Crippen LogP contribution is -1.97. The van der Waals surface area contributed by atoms with Crippen molar-refractivity contribution < 1.29 is 5.11 Å². The first-order valence-electron chi connectivity index (χ1n) is 5.59. The Morgan fingerprint density at radius 1 is 1.40 bits per heavy atom.